The van der Waals surface area contributed by atoms with Gasteiger partial charge in [0.1, 0.15) is 0 Å². The first-order valence-electron chi connectivity index (χ1n) is 9.38. The number of carbonyl (C=O) groups excluding carboxylic acids is 1. The van der Waals surface area contributed by atoms with E-state index >= 15 is 0 Å². The van der Waals surface area contributed by atoms with E-state index in [1.165, 1.54) is 6.07 Å². The molecule has 0 saturated heterocycles. The van der Waals surface area contributed by atoms with Gasteiger partial charge in [0.05, 0.1) is 22.3 Å². The molecule has 6 nitrogen and oxygen atoms in total. The molecule has 0 spiro atoms. The van der Waals surface area contributed by atoms with Crippen LogP contribution >= 0.6 is 0 Å². The molecule has 2 aromatic carbocycles. The maximum absolute atomic E-state index is 13.1. The van der Waals surface area contributed by atoms with E-state index in [2.05, 4.69) is 24.5 Å². The molecule has 6 heteroatoms. The molecule has 1 aliphatic carbocycles. The standard InChI is InChI=1S/C22H23N3O3/c1-13-7-8-16-17(9-13)24-21(14-5-4-6-15(10-14)25(27)28)20-18(23-16)11-22(2,3)12-19(20)26/h4-10,21,23-24H,11-12H2,1-3H3/t21-/m0/s1. The number of ketones is 1. The fourth-order valence-corrected chi connectivity index (χ4v) is 4.13. The van der Waals surface area contributed by atoms with Gasteiger partial charge in [-0.1, -0.05) is 32.0 Å². The zero-order valence-electron chi connectivity index (χ0n) is 16.2. The Hall–Kier alpha value is -3.15. The van der Waals surface area contributed by atoms with Crippen molar-refractivity contribution in [1.82, 2.24) is 0 Å². The Kier molecular flexibility index (Phi) is 4.22. The predicted octanol–water partition coefficient (Wildman–Crippen LogP) is 5.13. The summed E-state index contributed by atoms with van der Waals surface area (Å²) in [5.41, 5.74) is 5.07. The third kappa shape index (κ3) is 3.26. The average Bonchev–Trinajstić information content (AvgIpc) is 2.77. The minimum absolute atomic E-state index is 0.0201. The number of benzene rings is 2. The van der Waals surface area contributed by atoms with Crippen LogP contribution in [-0.4, -0.2) is 10.7 Å². The summed E-state index contributed by atoms with van der Waals surface area (Å²) in [6.07, 6.45) is 1.20. The van der Waals surface area contributed by atoms with Crippen LogP contribution in [0.25, 0.3) is 0 Å². The molecule has 28 heavy (non-hydrogen) atoms. The molecule has 0 radical (unpaired) electrons. The molecule has 2 aromatic rings. The number of fused-ring (bicyclic) bond motifs is 1. The van der Waals surface area contributed by atoms with Crippen molar-refractivity contribution in [3.8, 4) is 0 Å². The van der Waals surface area contributed by atoms with E-state index in [1.807, 2.05) is 31.2 Å². The number of nitro benzene ring substituents is 1. The highest BCUT2D eigenvalue weighted by Crippen LogP contribution is 2.45. The lowest BCUT2D eigenvalue weighted by atomic mass is 9.73. The topological polar surface area (TPSA) is 84.3 Å². The van der Waals surface area contributed by atoms with Gasteiger partial charge in [-0.2, -0.15) is 0 Å². The molecule has 0 unspecified atom stereocenters. The normalized spacial score (nSPS) is 20.4. The van der Waals surface area contributed by atoms with Gasteiger partial charge in [-0.15, -0.1) is 0 Å². The van der Waals surface area contributed by atoms with Gasteiger partial charge in [-0.3, -0.25) is 14.9 Å². The number of rotatable bonds is 2. The molecular weight excluding hydrogens is 354 g/mol. The maximum Gasteiger partial charge on any atom is 0.269 e. The van der Waals surface area contributed by atoms with Crippen LogP contribution in [0.3, 0.4) is 0 Å². The molecule has 1 atom stereocenters. The van der Waals surface area contributed by atoms with E-state index in [1.54, 1.807) is 12.1 Å². The van der Waals surface area contributed by atoms with Crippen LogP contribution < -0.4 is 10.6 Å². The first-order chi connectivity index (χ1) is 13.2. The van der Waals surface area contributed by atoms with Gasteiger partial charge in [0.25, 0.3) is 5.69 Å². The van der Waals surface area contributed by atoms with Crippen molar-refractivity contribution < 1.29 is 9.72 Å². The zero-order valence-corrected chi connectivity index (χ0v) is 16.2. The summed E-state index contributed by atoms with van der Waals surface area (Å²) < 4.78 is 0. The Labute approximate surface area is 163 Å². The Balaban J connectivity index is 1.90. The second-order valence-electron chi connectivity index (χ2n) is 8.44. The van der Waals surface area contributed by atoms with E-state index in [9.17, 15) is 14.9 Å². The number of anilines is 2. The maximum atomic E-state index is 13.1. The number of carbonyl (C=O) groups is 1. The summed E-state index contributed by atoms with van der Waals surface area (Å²) in [5.74, 6) is 0.0762. The molecule has 0 saturated carbocycles. The highest BCUT2D eigenvalue weighted by Gasteiger charge is 2.38. The Morgan fingerprint density at radius 3 is 2.64 bits per heavy atom. The van der Waals surface area contributed by atoms with Crippen molar-refractivity contribution >= 4 is 22.8 Å². The smallest absolute Gasteiger partial charge is 0.269 e. The zero-order chi connectivity index (χ0) is 20.1. The first-order valence-corrected chi connectivity index (χ1v) is 9.38. The lowest BCUT2D eigenvalue weighted by molar-refractivity contribution is -0.384. The van der Waals surface area contributed by atoms with Crippen LogP contribution in [0.15, 0.2) is 53.7 Å². The molecule has 2 N–H and O–H groups in total. The van der Waals surface area contributed by atoms with E-state index in [-0.39, 0.29) is 16.9 Å². The van der Waals surface area contributed by atoms with Crippen molar-refractivity contribution in [2.45, 2.75) is 39.7 Å². The Morgan fingerprint density at radius 1 is 1.11 bits per heavy atom. The molecule has 4 rings (SSSR count). The second kappa shape index (κ2) is 6.48. The fraction of sp³-hybridized carbons (Fsp3) is 0.318. The summed E-state index contributed by atoms with van der Waals surface area (Å²) in [4.78, 5) is 24.0. The molecule has 0 aromatic heterocycles. The third-order valence-corrected chi connectivity index (χ3v) is 5.38. The fourth-order valence-electron chi connectivity index (χ4n) is 4.13. The Morgan fingerprint density at radius 2 is 1.89 bits per heavy atom. The molecule has 0 bridgehead atoms. The number of hydrogen-bond donors (Lipinski definition) is 2. The number of aryl methyl sites for hydroxylation is 1. The monoisotopic (exact) mass is 377 g/mol. The van der Waals surface area contributed by atoms with Crippen molar-refractivity contribution in [3.63, 3.8) is 0 Å². The van der Waals surface area contributed by atoms with Crippen LogP contribution in [0.1, 0.15) is 43.9 Å². The molecule has 144 valence electrons. The van der Waals surface area contributed by atoms with Crippen LogP contribution in [-0.2, 0) is 4.79 Å². The number of nitrogens with zero attached hydrogens (tertiary/aromatic N) is 1. The second-order valence-corrected chi connectivity index (χ2v) is 8.44. The van der Waals surface area contributed by atoms with Gasteiger partial charge in [0.15, 0.2) is 5.78 Å². The lowest BCUT2D eigenvalue weighted by Gasteiger charge is -2.34. The number of Topliss-reactive ketones (excluding diaryl/α,β-unsaturated/α-hetero) is 1. The van der Waals surface area contributed by atoms with Gasteiger partial charge >= 0.3 is 0 Å². The number of hydrogen-bond acceptors (Lipinski definition) is 5. The van der Waals surface area contributed by atoms with Gasteiger partial charge in [-0.25, -0.2) is 0 Å². The van der Waals surface area contributed by atoms with Crippen LogP contribution in [0.5, 0.6) is 0 Å². The lowest BCUT2D eigenvalue weighted by Crippen LogP contribution is -2.31. The number of nitro groups is 1. The van der Waals surface area contributed by atoms with Crippen LogP contribution in [0.4, 0.5) is 17.1 Å². The van der Waals surface area contributed by atoms with Crippen LogP contribution in [0, 0.1) is 22.5 Å². The van der Waals surface area contributed by atoms with Crippen molar-refractivity contribution in [3.05, 3.63) is 75.0 Å². The Bertz CT molecular complexity index is 1020. The molecule has 2 aliphatic rings. The first kappa shape index (κ1) is 18.2. The summed E-state index contributed by atoms with van der Waals surface area (Å²) in [6.45, 7) is 6.19. The molecule has 1 heterocycles. The van der Waals surface area contributed by atoms with Crippen molar-refractivity contribution in [2.24, 2.45) is 5.41 Å². The summed E-state index contributed by atoms with van der Waals surface area (Å²) in [7, 11) is 0. The third-order valence-electron chi connectivity index (χ3n) is 5.38. The van der Waals surface area contributed by atoms with Crippen LogP contribution in [0.2, 0.25) is 0 Å². The molecule has 0 fully saturated rings. The van der Waals surface area contributed by atoms with Crippen molar-refractivity contribution in [2.75, 3.05) is 10.6 Å². The number of nitrogens with one attached hydrogen (secondary N) is 2. The number of non-ortho nitro benzene ring substituents is 1. The van der Waals surface area contributed by atoms with E-state index in [0.717, 1.165) is 29.1 Å². The van der Waals surface area contributed by atoms with E-state index in [4.69, 9.17) is 0 Å². The van der Waals surface area contributed by atoms with Gasteiger partial charge < -0.3 is 10.6 Å². The minimum atomic E-state index is -0.436. The van der Waals surface area contributed by atoms with E-state index < -0.39 is 11.0 Å². The molecule has 0 amide bonds. The van der Waals surface area contributed by atoms with Gasteiger partial charge in [-0.05, 0) is 42.0 Å². The predicted molar refractivity (Wildman–Crippen MR) is 109 cm³/mol. The van der Waals surface area contributed by atoms with Crippen molar-refractivity contribution in [1.29, 1.82) is 0 Å². The summed E-state index contributed by atoms with van der Waals surface area (Å²) in [5, 5.41) is 18.2. The SMILES string of the molecule is Cc1ccc2c(c1)N[C@@H](c1cccc([N+](=O)[O-])c1)C1=C(CC(C)(C)CC1=O)N2. The molecular formula is C22H23N3O3. The quantitative estimate of drug-likeness (QED) is 0.560. The largest absolute Gasteiger partial charge is 0.372 e. The van der Waals surface area contributed by atoms with Gasteiger partial charge in [0.2, 0.25) is 0 Å². The summed E-state index contributed by atoms with van der Waals surface area (Å²) in [6, 6.07) is 12.1. The number of allylic oxidation sites excluding steroid dienone is 1. The van der Waals surface area contributed by atoms with E-state index in [0.29, 0.717) is 17.6 Å². The molecule has 1 aliphatic heterocycles. The summed E-state index contributed by atoms with van der Waals surface area (Å²) >= 11 is 0. The minimum Gasteiger partial charge on any atom is -0.372 e. The highest BCUT2D eigenvalue weighted by molar-refractivity contribution is 6.01. The average molecular weight is 377 g/mol. The highest BCUT2D eigenvalue weighted by atomic mass is 16.6. The van der Waals surface area contributed by atoms with Gasteiger partial charge in [0, 0.05) is 29.8 Å².